The minimum absolute atomic E-state index is 0.173. The molecule has 17 heavy (non-hydrogen) atoms. The van der Waals surface area contributed by atoms with Crippen molar-refractivity contribution in [1.29, 1.82) is 0 Å². The molecule has 0 saturated carbocycles. The summed E-state index contributed by atoms with van der Waals surface area (Å²) in [7, 11) is 1.70. The Hall–Kier alpha value is -0.680. The molecule has 0 aliphatic carbocycles. The van der Waals surface area contributed by atoms with E-state index in [9.17, 15) is 4.79 Å². The van der Waals surface area contributed by atoms with Crippen LogP contribution in [0.5, 0.6) is 0 Å². The van der Waals surface area contributed by atoms with Crippen molar-refractivity contribution in [3.8, 4) is 0 Å². The van der Waals surface area contributed by atoms with Crippen molar-refractivity contribution in [2.75, 3.05) is 20.1 Å². The minimum atomic E-state index is 0.173. The van der Waals surface area contributed by atoms with Gasteiger partial charge in [-0.2, -0.15) is 0 Å². The highest BCUT2D eigenvalue weighted by Gasteiger charge is 2.27. The summed E-state index contributed by atoms with van der Waals surface area (Å²) in [5, 5.41) is 2.73. The Morgan fingerprint density at radius 1 is 1.53 bits per heavy atom. The second kappa shape index (κ2) is 6.91. The van der Waals surface area contributed by atoms with E-state index in [-0.39, 0.29) is 11.8 Å². The fourth-order valence-corrected chi connectivity index (χ4v) is 2.69. The van der Waals surface area contributed by atoms with Crippen molar-refractivity contribution in [3.05, 3.63) is 0 Å². The van der Waals surface area contributed by atoms with Gasteiger partial charge in [0.25, 0.3) is 0 Å². The molecule has 0 aromatic rings. The minimum Gasteiger partial charge on any atom is -0.393 e. The van der Waals surface area contributed by atoms with Crippen molar-refractivity contribution >= 4 is 23.1 Å². The molecule has 0 spiro atoms. The van der Waals surface area contributed by atoms with Crippen molar-refractivity contribution in [2.45, 2.75) is 38.6 Å². The first kappa shape index (κ1) is 14.4. The van der Waals surface area contributed by atoms with Crippen LogP contribution in [0.25, 0.3) is 0 Å². The number of nitrogens with zero attached hydrogens (tertiary/aromatic N) is 1. The lowest BCUT2D eigenvalue weighted by Gasteiger charge is -2.36. The van der Waals surface area contributed by atoms with Gasteiger partial charge < -0.3 is 11.1 Å². The Bertz CT molecular complexity index is 275. The molecule has 0 aromatic carbocycles. The smallest absolute Gasteiger partial charge is 0.222 e. The van der Waals surface area contributed by atoms with Gasteiger partial charge in [0.05, 0.1) is 4.99 Å². The molecule has 3 N–H and O–H groups in total. The topological polar surface area (TPSA) is 58.4 Å². The predicted molar refractivity (Wildman–Crippen MR) is 73.8 cm³/mol. The zero-order valence-electron chi connectivity index (χ0n) is 10.7. The van der Waals surface area contributed by atoms with Crippen LogP contribution in [0.15, 0.2) is 0 Å². The van der Waals surface area contributed by atoms with Gasteiger partial charge in [-0.3, -0.25) is 9.69 Å². The van der Waals surface area contributed by atoms with E-state index in [2.05, 4.69) is 17.1 Å². The van der Waals surface area contributed by atoms with Crippen molar-refractivity contribution in [3.63, 3.8) is 0 Å². The second-order valence-corrected chi connectivity index (χ2v) is 5.18. The maximum absolute atomic E-state index is 11.5. The molecule has 1 rings (SSSR count). The molecule has 1 fully saturated rings. The van der Waals surface area contributed by atoms with Gasteiger partial charge >= 0.3 is 0 Å². The van der Waals surface area contributed by atoms with E-state index < -0.39 is 0 Å². The Kier molecular flexibility index (Phi) is 5.85. The maximum atomic E-state index is 11.5. The third-order valence-corrected chi connectivity index (χ3v) is 3.74. The third-order valence-electron chi connectivity index (χ3n) is 3.57. The van der Waals surface area contributed by atoms with Crippen LogP contribution in [0.1, 0.15) is 32.6 Å². The first-order chi connectivity index (χ1) is 8.08. The van der Waals surface area contributed by atoms with Crippen LogP contribution in [0.4, 0.5) is 0 Å². The molecule has 1 unspecified atom stereocenters. The number of likely N-dealkylation sites (tertiary alicyclic amines) is 1. The second-order valence-electron chi connectivity index (χ2n) is 4.66. The van der Waals surface area contributed by atoms with Crippen LogP contribution in [-0.2, 0) is 4.79 Å². The molecule has 0 aromatic heterocycles. The summed E-state index contributed by atoms with van der Waals surface area (Å²) in [5.74, 6) is 0.352. The fraction of sp³-hybridized carbons (Fsp3) is 0.833. The number of thiocarbonyl (C=S) groups is 1. The largest absolute Gasteiger partial charge is 0.393 e. The molecule has 1 aliphatic heterocycles. The molecular weight excluding hydrogens is 234 g/mol. The first-order valence-electron chi connectivity index (χ1n) is 6.32. The van der Waals surface area contributed by atoms with Gasteiger partial charge in [-0.1, -0.05) is 19.1 Å². The molecule has 1 aliphatic rings. The fourth-order valence-electron chi connectivity index (χ4n) is 2.49. The van der Waals surface area contributed by atoms with Gasteiger partial charge in [0.2, 0.25) is 5.91 Å². The van der Waals surface area contributed by atoms with E-state index in [1.807, 2.05) is 0 Å². The van der Waals surface area contributed by atoms with Crippen molar-refractivity contribution in [2.24, 2.45) is 11.7 Å². The van der Waals surface area contributed by atoms with E-state index >= 15 is 0 Å². The molecule has 1 atom stereocenters. The molecule has 1 heterocycles. The summed E-state index contributed by atoms with van der Waals surface area (Å²) in [6.45, 7) is 4.10. The lowest BCUT2D eigenvalue weighted by atomic mass is 9.94. The molecule has 98 valence electrons. The van der Waals surface area contributed by atoms with Gasteiger partial charge in [0, 0.05) is 25.4 Å². The molecule has 0 radical (unpaired) electrons. The number of hydrogen-bond donors (Lipinski definition) is 2. The number of piperidine rings is 1. The van der Waals surface area contributed by atoms with Gasteiger partial charge in [0.15, 0.2) is 0 Å². The highest BCUT2D eigenvalue weighted by atomic mass is 32.1. The molecule has 1 saturated heterocycles. The van der Waals surface area contributed by atoms with Crippen LogP contribution in [-0.4, -0.2) is 42.0 Å². The lowest BCUT2D eigenvalue weighted by Crippen LogP contribution is -2.45. The van der Waals surface area contributed by atoms with Crippen LogP contribution >= 0.6 is 12.2 Å². The average Bonchev–Trinajstić information content (AvgIpc) is 2.35. The summed E-state index contributed by atoms with van der Waals surface area (Å²) in [6.07, 6.45) is 3.72. The zero-order chi connectivity index (χ0) is 12.8. The van der Waals surface area contributed by atoms with E-state index in [0.29, 0.717) is 11.0 Å². The molecule has 1 amide bonds. The zero-order valence-corrected chi connectivity index (χ0v) is 11.6. The van der Waals surface area contributed by atoms with E-state index in [1.165, 1.54) is 0 Å². The van der Waals surface area contributed by atoms with Crippen molar-refractivity contribution < 1.29 is 4.79 Å². The Labute approximate surface area is 109 Å². The number of nitrogens with one attached hydrogen (secondary N) is 1. The number of nitrogens with two attached hydrogens (primary N) is 1. The van der Waals surface area contributed by atoms with E-state index in [1.54, 1.807) is 7.05 Å². The summed E-state index contributed by atoms with van der Waals surface area (Å²) in [5.41, 5.74) is 5.61. The number of amides is 1. The van der Waals surface area contributed by atoms with Crippen LogP contribution in [0.2, 0.25) is 0 Å². The predicted octanol–water partition coefficient (Wildman–Crippen LogP) is 0.899. The lowest BCUT2D eigenvalue weighted by molar-refractivity contribution is -0.126. The average molecular weight is 257 g/mol. The van der Waals surface area contributed by atoms with Crippen LogP contribution < -0.4 is 11.1 Å². The highest BCUT2D eigenvalue weighted by molar-refractivity contribution is 7.80. The number of carbonyl (C=O) groups is 1. The Balaban J connectivity index is 2.44. The maximum Gasteiger partial charge on any atom is 0.222 e. The van der Waals surface area contributed by atoms with E-state index in [0.717, 1.165) is 38.8 Å². The molecule has 0 bridgehead atoms. The van der Waals surface area contributed by atoms with Gasteiger partial charge in [-0.05, 0) is 32.4 Å². The molecule has 4 nitrogen and oxygen atoms in total. The Morgan fingerprint density at radius 3 is 2.53 bits per heavy atom. The van der Waals surface area contributed by atoms with Crippen LogP contribution in [0.3, 0.4) is 0 Å². The van der Waals surface area contributed by atoms with Crippen molar-refractivity contribution in [1.82, 2.24) is 10.2 Å². The Morgan fingerprint density at radius 2 is 2.12 bits per heavy atom. The number of rotatable bonds is 5. The third kappa shape index (κ3) is 4.24. The summed E-state index contributed by atoms with van der Waals surface area (Å²) < 4.78 is 0. The monoisotopic (exact) mass is 257 g/mol. The molecular formula is C12H23N3OS. The first-order valence-corrected chi connectivity index (χ1v) is 6.73. The van der Waals surface area contributed by atoms with Gasteiger partial charge in [0.1, 0.15) is 0 Å². The summed E-state index contributed by atoms with van der Waals surface area (Å²) in [4.78, 5) is 14.5. The quantitative estimate of drug-likeness (QED) is 0.719. The summed E-state index contributed by atoms with van der Waals surface area (Å²) >= 11 is 4.98. The van der Waals surface area contributed by atoms with Gasteiger partial charge in [-0.15, -0.1) is 0 Å². The molecule has 5 heteroatoms. The standard InChI is InChI=1S/C12H23N3OS/c1-3-10(8-11(13)17)15-6-4-9(5-7-15)12(16)14-2/h9-10H,3-8H2,1-2H3,(H2,13,17)(H,14,16). The van der Waals surface area contributed by atoms with Crippen LogP contribution in [0, 0.1) is 5.92 Å². The highest BCUT2D eigenvalue weighted by Crippen LogP contribution is 2.21. The number of hydrogen-bond acceptors (Lipinski definition) is 3. The summed E-state index contributed by atoms with van der Waals surface area (Å²) in [6, 6.07) is 0.443. The normalized spacial score (nSPS) is 19.9. The van der Waals surface area contributed by atoms with Gasteiger partial charge in [-0.25, -0.2) is 0 Å². The SMILES string of the molecule is CCC(CC(N)=S)N1CCC(C(=O)NC)CC1. The van der Waals surface area contributed by atoms with E-state index in [4.69, 9.17) is 18.0 Å². The number of carbonyl (C=O) groups excluding carboxylic acids is 1.